The number of rotatable bonds is 6. The number of benzene rings is 1. The minimum absolute atomic E-state index is 0.0759. The van der Waals surface area contributed by atoms with E-state index in [0.29, 0.717) is 13.0 Å². The average Bonchev–Trinajstić information content (AvgIpc) is 3.20. The summed E-state index contributed by atoms with van der Waals surface area (Å²) in [6.45, 7) is 4.56. The Kier molecular flexibility index (Phi) is 5.32. The van der Waals surface area contributed by atoms with Crippen LogP contribution in [0.1, 0.15) is 23.4 Å². The van der Waals surface area contributed by atoms with Crippen molar-refractivity contribution in [3.63, 3.8) is 0 Å². The summed E-state index contributed by atoms with van der Waals surface area (Å²) in [7, 11) is 1.49. The molecule has 0 saturated carbocycles. The zero-order valence-corrected chi connectivity index (χ0v) is 15.9. The number of carboxylic acids is 1. The second-order valence-corrected chi connectivity index (χ2v) is 7.16. The fraction of sp³-hybridized carbons (Fsp3) is 0.450. The number of carbonyl (C=O) groups is 2. The SMILES string of the molecule is COCC1(C(=O)O)CCN(C(=O)Cc2c(C)nn(-c3ccccc3)c2C)C1. The van der Waals surface area contributed by atoms with Crippen molar-refractivity contribution in [1.29, 1.82) is 0 Å². The first kappa shape index (κ1) is 19.1. The highest BCUT2D eigenvalue weighted by Gasteiger charge is 2.46. The number of amides is 1. The fourth-order valence-corrected chi connectivity index (χ4v) is 3.73. The highest BCUT2D eigenvalue weighted by molar-refractivity contribution is 5.82. The van der Waals surface area contributed by atoms with E-state index in [1.165, 1.54) is 7.11 Å². The Labute approximate surface area is 158 Å². The number of nitrogens with zero attached hydrogens (tertiary/aromatic N) is 3. The molecule has 1 aliphatic heterocycles. The van der Waals surface area contributed by atoms with E-state index in [2.05, 4.69) is 5.10 Å². The Morgan fingerprint density at radius 1 is 1.26 bits per heavy atom. The van der Waals surface area contributed by atoms with Crippen LogP contribution in [0.2, 0.25) is 0 Å². The molecule has 1 aliphatic rings. The Morgan fingerprint density at radius 3 is 2.59 bits per heavy atom. The van der Waals surface area contributed by atoms with Crippen LogP contribution in [0.4, 0.5) is 0 Å². The Hall–Kier alpha value is -2.67. The molecular weight excluding hydrogens is 346 g/mol. The number of likely N-dealkylation sites (tertiary alicyclic amines) is 1. The predicted molar refractivity (Wildman–Crippen MR) is 99.9 cm³/mol. The third-order valence-electron chi connectivity index (χ3n) is 5.35. The smallest absolute Gasteiger partial charge is 0.313 e. The number of methoxy groups -OCH3 is 1. The van der Waals surface area contributed by atoms with Crippen LogP contribution in [-0.4, -0.2) is 58.5 Å². The maximum absolute atomic E-state index is 12.8. The normalized spacial score (nSPS) is 19.4. The molecule has 3 rings (SSSR count). The second kappa shape index (κ2) is 7.52. The van der Waals surface area contributed by atoms with Gasteiger partial charge in [0.1, 0.15) is 5.41 Å². The van der Waals surface area contributed by atoms with Crippen molar-refractivity contribution in [1.82, 2.24) is 14.7 Å². The first-order valence-corrected chi connectivity index (χ1v) is 8.98. The van der Waals surface area contributed by atoms with Crippen molar-refractivity contribution in [2.75, 3.05) is 26.8 Å². The number of aryl methyl sites for hydroxylation is 1. The van der Waals surface area contributed by atoms with Crippen molar-refractivity contribution in [3.05, 3.63) is 47.3 Å². The van der Waals surface area contributed by atoms with Gasteiger partial charge in [0.15, 0.2) is 0 Å². The molecule has 0 spiro atoms. The van der Waals surface area contributed by atoms with Gasteiger partial charge in [-0.05, 0) is 32.4 Å². The zero-order chi connectivity index (χ0) is 19.6. The molecule has 1 saturated heterocycles. The van der Waals surface area contributed by atoms with Gasteiger partial charge in [-0.2, -0.15) is 5.10 Å². The number of para-hydroxylation sites is 1. The molecular formula is C20H25N3O4. The maximum atomic E-state index is 12.8. The number of aromatic nitrogens is 2. The highest BCUT2D eigenvalue weighted by atomic mass is 16.5. The lowest BCUT2D eigenvalue weighted by Crippen LogP contribution is -2.40. The van der Waals surface area contributed by atoms with Crippen molar-refractivity contribution >= 4 is 11.9 Å². The molecule has 0 radical (unpaired) electrons. The Morgan fingerprint density at radius 2 is 1.96 bits per heavy atom. The summed E-state index contributed by atoms with van der Waals surface area (Å²) in [6.07, 6.45) is 0.621. The molecule has 7 heteroatoms. The summed E-state index contributed by atoms with van der Waals surface area (Å²) in [5.41, 5.74) is 2.56. The van der Waals surface area contributed by atoms with Crippen LogP contribution in [0.15, 0.2) is 30.3 Å². The zero-order valence-electron chi connectivity index (χ0n) is 15.9. The minimum Gasteiger partial charge on any atom is -0.481 e. The van der Waals surface area contributed by atoms with Crippen molar-refractivity contribution in [2.45, 2.75) is 26.7 Å². The van der Waals surface area contributed by atoms with Crippen LogP contribution in [0.5, 0.6) is 0 Å². The minimum atomic E-state index is -1.01. The third-order valence-corrected chi connectivity index (χ3v) is 5.35. The largest absolute Gasteiger partial charge is 0.481 e. The lowest BCUT2D eigenvalue weighted by molar-refractivity contribution is -0.151. The van der Waals surface area contributed by atoms with Gasteiger partial charge in [0, 0.05) is 31.5 Å². The van der Waals surface area contributed by atoms with Crippen molar-refractivity contribution in [3.8, 4) is 5.69 Å². The van der Waals surface area contributed by atoms with Gasteiger partial charge >= 0.3 is 5.97 Å². The molecule has 27 heavy (non-hydrogen) atoms. The topological polar surface area (TPSA) is 84.7 Å². The van der Waals surface area contributed by atoms with E-state index in [1.807, 2.05) is 48.9 Å². The van der Waals surface area contributed by atoms with Crippen LogP contribution in [0.25, 0.3) is 5.69 Å². The molecule has 2 heterocycles. The summed E-state index contributed by atoms with van der Waals surface area (Å²) in [6, 6.07) is 9.78. The molecule has 1 N–H and O–H groups in total. The van der Waals surface area contributed by atoms with Crippen molar-refractivity contribution < 1.29 is 19.4 Å². The number of hydrogen-bond donors (Lipinski definition) is 1. The van der Waals surface area contributed by atoms with Crippen LogP contribution < -0.4 is 0 Å². The Bertz CT molecular complexity index is 846. The summed E-state index contributed by atoms with van der Waals surface area (Å²) in [5.74, 6) is -0.989. The van der Waals surface area contributed by atoms with E-state index >= 15 is 0 Å². The van der Waals surface area contributed by atoms with Crippen LogP contribution in [0, 0.1) is 19.3 Å². The van der Waals surface area contributed by atoms with E-state index in [4.69, 9.17) is 4.74 Å². The predicted octanol–water partition coefficient (Wildman–Crippen LogP) is 1.98. The van der Waals surface area contributed by atoms with E-state index < -0.39 is 11.4 Å². The van der Waals surface area contributed by atoms with E-state index in [1.54, 1.807) is 4.90 Å². The molecule has 1 aromatic heterocycles. The maximum Gasteiger partial charge on any atom is 0.313 e. The molecule has 0 aliphatic carbocycles. The first-order chi connectivity index (χ1) is 12.9. The summed E-state index contributed by atoms with van der Waals surface area (Å²) >= 11 is 0. The second-order valence-electron chi connectivity index (χ2n) is 7.16. The molecule has 0 bridgehead atoms. The quantitative estimate of drug-likeness (QED) is 0.839. The molecule has 1 fully saturated rings. The lowest BCUT2D eigenvalue weighted by Gasteiger charge is -2.23. The lowest BCUT2D eigenvalue weighted by atomic mass is 9.88. The number of ether oxygens (including phenoxy) is 1. The standard InChI is InChI=1S/C20H25N3O4/c1-14-17(15(2)23(21-14)16-7-5-4-6-8-16)11-18(24)22-10-9-20(12-22,13-27-3)19(25)26/h4-8H,9-13H2,1-3H3,(H,25,26). The average molecular weight is 371 g/mol. The van der Waals surface area contributed by atoms with Gasteiger partial charge in [-0.15, -0.1) is 0 Å². The van der Waals surface area contributed by atoms with Crippen LogP contribution in [-0.2, 0) is 20.7 Å². The van der Waals surface area contributed by atoms with Gasteiger partial charge in [0.2, 0.25) is 5.91 Å². The summed E-state index contributed by atoms with van der Waals surface area (Å²) < 4.78 is 6.94. The highest BCUT2D eigenvalue weighted by Crippen LogP contribution is 2.32. The van der Waals surface area contributed by atoms with E-state index in [-0.39, 0.29) is 25.5 Å². The number of carboxylic acid groups (broad SMARTS) is 1. The molecule has 1 amide bonds. The van der Waals surface area contributed by atoms with Gasteiger partial charge < -0.3 is 14.7 Å². The number of carbonyl (C=O) groups excluding carboxylic acids is 1. The first-order valence-electron chi connectivity index (χ1n) is 8.98. The van der Waals surface area contributed by atoms with Gasteiger partial charge in [0.05, 0.1) is 24.4 Å². The monoisotopic (exact) mass is 371 g/mol. The molecule has 1 unspecified atom stereocenters. The summed E-state index contributed by atoms with van der Waals surface area (Å²) in [4.78, 5) is 26.1. The summed E-state index contributed by atoms with van der Waals surface area (Å²) in [5, 5.41) is 14.1. The molecule has 144 valence electrons. The van der Waals surface area contributed by atoms with Gasteiger partial charge in [-0.3, -0.25) is 9.59 Å². The van der Waals surface area contributed by atoms with Gasteiger partial charge in [0.25, 0.3) is 0 Å². The fourth-order valence-electron chi connectivity index (χ4n) is 3.73. The van der Waals surface area contributed by atoms with E-state index in [0.717, 1.165) is 22.6 Å². The number of hydrogen-bond acceptors (Lipinski definition) is 4. The molecule has 2 aromatic rings. The molecule has 7 nitrogen and oxygen atoms in total. The third kappa shape index (κ3) is 3.60. The van der Waals surface area contributed by atoms with E-state index in [9.17, 15) is 14.7 Å². The molecule has 1 atom stereocenters. The van der Waals surface area contributed by atoms with Gasteiger partial charge in [-0.1, -0.05) is 18.2 Å². The Balaban J connectivity index is 1.78. The van der Waals surface area contributed by atoms with Crippen molar-refractivity contribution in [2.24, 2.45) is 5.41 Å². The van der Waals surface area contributed by atoms with Crippen LogP contribution in [0.3, 0.4) is 0 Å². The van der Waals surface area contributed by atoms with Crippen LogP contribution >= 0.6 is 0 Å². The van der Waals surface area contributed by atoms with Gasteiger partial charge in [-0.25, -0.2) is 4.68 Å². The molecule has 1 aromatic carbocycles. The number of aliphatic carboxylic acids is 1.